The SMILES string of the molecule is COC(=O)CCCCCCCCCCCCCCCF. The molecule has 0 bridgehead atoms. The molecule has 0 radical (unpaired) electrons. The van der Waals surface area contributed by atoms with Gasteiger partial charge in [0.2, 0.25) is 0 Å². The van der Waals surface area contributed by atoms with Gasteiger partial charge in [-0.2, -0.15) is 0 Å². The highest BCUT2D eigenvalue weighted by Gasteiger charge is 1.99. The molecule has 0 aliphatic rings. The summed E-state index contributed by atoms with van der Waals surface area (Å²) in [7, 11) is 1.45. The molecule has 0 amide bonds. The van der Waals surface area contributed by atoms with E-state index in [1.165, 1.54) is 64.9 Å². The van der Waals surface area contributed by atoms with Crippen LogP contribution in [0.25, 0.3) is 0 Å². The Balaban J connectivity index is 2.97. The summed E-state index contributed by atoms with van der Waals surface area (Å²) in [4.78, 5) is 10.9. The summed E-state index contributed by atoms with van der Waals surface area (Å²) in [6.45, 7) is -0.153. The summed E-state index contributed by atoms with van der Waals surface area (Å²) in [6, 6.07) is 0. The normalized spacial score (nSPS) is 10.7. The van der Waals surface area contributed by atoms with Crippen molar-refractivity contribution in [3.05, 3.63) is 0 Å². The molecule has 0 saturated carbocycles. The molecule has 0 saturated heterocycles. The van der Waals surface area contributed by atoms with E-state index in [0.29, 0.717) is 6.42 Å². The second kappa shape index (κ2) is 16.5. The Kier molecular flexibility index (Phi) is 16.0. The van der Waals surface area contributed by atoms with Crippen LogP contribution in [0, 0.1) is 0 Å². The summed E-state index contributed by atoms with van der Waals surface area (Å²) in [5.74, 6) is -0.0866. The van der Waals surface area contributed by atoms with Crippen molar-refractivity contribution in [2.24, 2.45) is 0 Å². The molecule has 0 rings (SSSR count). The number of carbonyl (C=O) groups is 1. The fraction of sp³-hybridized carbons (Fsp3) is 0.941. The Morgan fingerprint density at radius 2 is 1.05 bits per heavy atom. The first-order chi connectivity index (χ1) is 9.81. The maximum Gasteiger partial charge on any atom is 0.305 e. The van der Waals surface area contributed by atoms with E-state index in [2.05, 4.69) is 4.74 Å². The maximum atomic E-state index is 11.9. The highest BCUT2D eigenvalue weighted by atomic mass is 19.1. The quantitative estimate of drug-likeness (QED) is 0.290. The standard InChI is InChI=1S/C17H33FO2/c1-20-17(19)15-13-11-9-7-5-3-2-4-6-8-10-12-14-16-18/h2-16H2,1H3. The Hall–Kier alpha value is -0.600. The Bertz CT molecular complexity index is 207. The fourth-order valence-electron chi connectivity index (χ4n) is 2.41. The first kappa shape index (κ1) is 19.4. The zero-order valence-corrected chi connectivity index (χ0v) is 13.3. The second-order valence-corrected chi connectivity index (χ2v) is 5.61. The van der Waals surface area contributed by atoms with E-state index < -0.39 is 0 Å². The van der Waals surface area contributed by atoms with Crippen LogP contribution in [0.3, 0.4) is 0 Å². The third kappa shape index (κ3) is 15.5. The summed E-state index contributed by atoms with van der Waals surface area (Å²) < 4.78 is 16.5. The van der Waals surface area contributed by atoms with Gasteiger partial charge in [0.15, 0.2) is 0 Å². The van der Waals surface area contributed by atoms with Crippen LogP contribution >= 0.6 is 0 Å². The van der Waals surface area contributed by atoms with Gasteiger partial charge in [0.05, 0.1) is 13.8 Å². The third-order valence-electron chi connectivity index (χ3n) is 3.74. The van der Waals surface area contributed by atoms with Crippen LogP contribution in [-0.2, 0) is 9.53 Å². The van der Waals surface area contributed by atoms with Gasteiger partial charge in [0, 0.05) is 6.42 Å². The van der Waals surface area contributed by atoms with Crippen molar-refractivity contribution in [1.82, 2.24) is 0 Å². The molecule has 0 aromatic heterocycles. The highest BCUT2D eigenvalue weighted by molar-refractivity contribution is 5.68. The first-order valence-corrected chi connectivity index (χ1v) is 8.44. The third-order valence-corrected chi connectivity index (χ3v) is 3.74. The lowest BCUT2D eigenvalue weighted by Gasteiger charge is -2.03. The summed E-state index contributed by atoms with van der Waals surface area (Å²) >= 11 is 0. The number of rotatable bonds is 15. The van der Waals surface area contributed by atoms with E-state index >= 15 is 0 Å². The molecule has 0 spiro atoms. The number of carbonyl (C=O) groups excluding carboxylic acids is 1. The average molecular weight is 288 g/mol. The smallest absolute Gasteiger partial charge is 0.305 e. The van der Waals surface area contributed by atoms with Crippen molar-refractivity contribution in [1.29, 1.82) is 0 Å². The van der Waals surface area contributed by atoms with Crippen LogP contribution in [-0.4, -0.2) is 19.8 Å². The van der Waals surface area contributed by atoms with E-state index in [1.54, 1.807) is 0 Å². The zero-order chi connectivity index (χ0) is 14.9. The number of alkyl halides is 1. The number of methoxy groups -OCH3 is 1. The molecule has 0 aliphatic heterocycles. The van der Waals surface area contributed by atoms with Crippen molar-refractivity contribution >= 4 is 5.97 Å². The molecule has 2 nitrogen and oxygen atoms in total. The number of unbranched alkanes of at least 4 members (excludes halogenated alkanes) is 12. The molecule has 0 N–H and O–H groups in total. The van der Waals surface area contributed by atoms with E-state index in [-0.39, 0.29) is 12.6 Å². The summed E-state index contributed by atoms with van der Waals surface area (Å²) in [5.41, 5.74) is 0. The van der Waals surface area contributed by atoms with Crippen molar-refractivity contribution in [3.63, 3.8) is 0 Å². The zero-order valence-electron chi connectivity index (χ0n) is 13.3. The van der Waals surface area contributed by atoms with Gasteiger partial charge in [0.25, 0.3) is 0 Å². The number of hydrogen-bond donors (Lipinski definition) is 0. The monoisotopic (exact) mass is 288 g/mol. The molecule has 20 heavy (non-hydrogen) atoms. The van der Waals surface area contributed by atoms with Crippen LogP contribution in [0.5, 0.6) is 0 Å². The van der Waals surface area contributed by atoms with Crippen LogP contribution < -0.4 is 0 Å². The Labute approximate surface area is 124 Å². The van der Waals surface area contributed by atoms with Gasteiger partial charge in [-0.05, 0) is 12.8 Å². The van der Waals surface area contributed by atoms with E-state index in [1.807, 2.05) is 0 Å². The molecule has 0 unspecified atom stereocenters. The lowest BCUT2D eigenvalue weighted by molar-refractivity contribution is -0.140. The lowest BCUT2D eigenvalue weighted by atomic mass is 10.0. The largest absolute Gasteiger partial charge is 0.469 e. The Morgan fingerprint density at radius 3 is 1.40 bits per heavy atom. The lowest BCUT2D eigenvalue weighted by Crippen LogP contribution is -1.99. The molecule has 0 atom stereocenters. The molecular weight excluding hydrogens is 255 g/mol. The molecule has 0 heterocycles. The topological polar surface area (TPSA) is 26.3 Å². The van der Waals surface area contributed by atoms with E-state index in [0.717, 1.165) is 25.7 Å². The average Bonchev–Trinajstić information content (AvgIpc) is 2.47. The number of esters is 1. The van der Waals surface area contributed by atoms with Crippen LogP contribution in [0.1, 0.15) is 89.9 Å². The number of ether oxygens (including phenoxy) is 1. The minimum absolute atomic E-state index is 0.0866. The van der Waals surface area contributed by atoms with E-state index in [4.69, 9.17) is 0 Å². The van der Waals surface area contributed by atoms with Gasteiger partial charge in [-0.15, -0.1) is 0 Å². The summed E-state index contributed by atoms with van der Waals surface area (Å²) in [5, 5.41) is 0. The second-order valence-electron chi connectivity index (χ2n) is 5.61. The van der Waals surface area contributed by atoms with Crippen molar-refractivity contribution in [2.75, 3.05) is 13.8 Å². The summed E-state index contributed by atoms with van der Waals surface area (Å²) in [6.07, 6.45) is 16.1. The predicted molar refractivity (Wildman–Crippen MR) is 82.6 cm³/mol. The van der Waals surface area contributed by atoms with Crippen LogP contribution in [0.2, 0.25) is 0 Å². The van der Waals surface area contributed by atoms with Crippen molar-refractivity contribution in [3.8, 4) is 0 Å². The minimum atomic E-state index is -0.153. The Morgan fingerprint density at radius 1 is 0.700 bits per heavy atom. The minimum Gasteiger partial charge on any atom is -0.469 e. The van der Waals surface area contributed by atoms with Gasteiger partial charge in [-0.3, -0.25) is 9.18 Å². The molecular formula is C17H33FO2. The van der Waals surface area contributed by atoms with Crippen LogP contribution in [0.15, 0.2) is 0 Å². The highest BCUT2D eigenvalue weighted by Crippen LogP contribution is 2.13. The fourth-order valence-corrected chi connectivity index (χ4v) is 2.41. The maximum absolute atomic E-state index is 11.9. The van der Waals surface area contributed by atoms with E-state index in [9.17, 15) is 9.18 Å². The van der Waals surface area contributed by atoms with Gasteiger partial charge < -0.3 is 4.74 Å². The molecule has 3 heteroatoms. The molecule has 0 aliphatic carbocycles. The molecule has 0 fully saturated rings. The molecule has 0 aromatic carbocycles. The van der Waals surface area contributed by atoms with Gasteiger partial charge >= 0.3 is 5.97 Å². The van der Waals surface area contributed by atoms with Crippen LogP contribution in [0.4, 0.5) is 4.39 Å². The van der Waals surface area contributed by atoms with Gasteiger partial charge in [0.1, 0.15) is 0 Å². The molecule has 0 aromatic rings. The number of hydrogen-bond acceptors (Lipinski definition) is 2. The predicted octanol–water partition coefficient (Wildman–Crippen LogP) is 5.59. The number of halogens is 1. The van der Waals surface area contributed by atoms with Gasteiger partial charge in [-0.1, -0.05) is 70.6 Å². The first-order valence-electron chi connectivity index (χ1n) is 8.44. The van der Waals surface area contributed by atoms with Crippen molar-refractivity contribution in [2.45, 2.75) is 89.9 Å². The molecule has 120 valence electrons. The van der Waals surface area contributed by atoms with Crippen molar-refractivity contribution < 1.29 is 13.9 Å². The van der Waals surface area contributed by atoms with Gasteiger partial charge in [-0.25, -0.2) is 0 Å².